The van der Waals surface area contributed by atoms with Gasteiger partial charge in [-0.25, -0.2) is 4.79 Å². The summed E-state index contributed by atoms with van der Waals surface area (Å²) in [5.74, 6) is -0.847. The first kappa shape index (κ1) is 19.8. The summed E-state index contributed by atoms with van der Waals surface area (Å²) in [6.07, 6.45) is -0.379. The van der Waals surface area contributed by atoms with Crippen molar-refractivity contribution in [1.29, 1.82) is 0 Å². The van der Waals surface area contributed by atoms with Crippen LogP contribution in [0.5, 0.6) is 0 Å². The molecule has 0 aromatic carbocycles. The van der Waals surface area contributed by atoms with Gasteiger partial charge < -0.3 is 23.3 Å². The Hall–Kier alpha value is -0.170. The summed E-state index contributed by atoms with van der Waals surface area (Å²) >= 11 is 5.87. The molecule has 0 aliphatic heterocycles. The molecule has 0 bridgehead atoms. The molecule has 0 N–H and O–H groups in total. The third-order valence-corrected chi connectivity index (χ3v) is 4.69. The van der Waals surface area contributed by atoms with Crippen molar-refractivity contribution in [2.24, 2.45) is 0 Å². The predicted octanol–water partition coefficient (Wildman–Crippen LogP) is 2.02. The molecule has 0 aromatic heterocycles. The third-order valence-electron chi connectivity index (χ3n) is 1.94. The minimum atomic E-state index is -3.85. The number of halogens is 1. The largest absolute Gasteiger partial charge is 0.461 e. The molecule has 1 unspecified atom stereocenters. The summed E-state index contributed by atoms with van der Waals surface area (Å²) < 4.78 is 37.2. The molecule has 0 radical (unpaired) electrons. The first-order valence-corrected chi connectivity index (χ1v) is 8.13. The van der Waals surface area contributed by atoms with Crippen LogP contribution >= 0.6 is 19.2 Å². The Bertz CT molecular complexity index is 310. The Labute approximate surface area is 124 Å². The number of esters is 1. The van der Waals surface area contributed by atoms with Gasteiger partial charge in [0.15, 0.2) is 0 Å². The molecular formula is C11H22ClO7P. The topological polar surface area (TPSA) is 80.3 Å². The van der Waals surface area contributed by atoms with Gasteiger partial charge in [-0.2, -0.15) is 0 Å². The number of carbonyl (C=O) groups excluding carboxylic acids is 1. The van der Waals surface area contributed by atoms with E-state index in [0.29, 0.717) is 0 Å². The normalized spacial score (nSPS) is 13.5. The van der Waals surface area contributed by atoms with E-state index in [9.17, 15) is 9.36 Å². The SMILES string of the molecule is COCCOP(=O)(OCCOC)C(Cl)C(=O)OC(C)C. The highest BCUT2D eigenvalue weighted by molar-refractivity contribution is 7.57. The lowest BCUT2D eigenvalue weighted by atomic mass is 10.5. The van der Waals surface area contributed by atoms with E-state index in [1.807, 2.05) is 0 Å². The second kappa shape index (κ2) is 10.5. The Morgan fingerprint density at radius 2 is 1.50 bits per heavy atom. The number of hydrogen-bond donors (Lipinski definition) is 0. The molecule has 0 fully saturated rings. The van der Waals surface area contributed by atoms with Gasteiger partial charge in [-0.15, -0.1) is 0 Å². The van der Waals surface area contributed by atoms with Crippen molar-refractivity contribution in [2.45, 2.75) is 25.1 Å². The van der Waals surface area contributed by atoms with Crippen molar-refractivity contribution in [3.05, 3.63) is 0 Å². The van der Waals surface area contributed by atoms with Crippen LogP contribution in [0.4, 0.5) is 0 Å². The maximum absolute atomic E-state index is 12.5. The lowest BCUT2D eigenvalue weighted by molar-refractivity contribution is -0.145. The number of methoxy groups -OCH3 is 2. The quantitative estimate of drug-likeness (QED) is 0.248. The maximum Gasteiger partial charge on any atom is 0.359 e. The third kappa shape index (κ3) is 7.57. The molecule has 0 aromatic rings. The highest BCUT2D eigenvalue weighted by Gasteiger charge is 2.41. The lowest BCUT2D eigenvalue weighted by Gasteiger charge is -2.22. The van der Waals surface area contributed by atoms with Gasteiger partial charge >= 0.3 is 13.6 Å². The van der Waals surface area contributed by atoms with Crippen molar-refractivity contribution in [3.8, 4) is 0 Å². The number of carbonyl (C=O) groups is 1. The van der Waals surface area contributed by atoms with Crippen LogP contribution in [0, 0.1) is 0 Å². The molecule has 0 heterocycles. The van der Waals surface area contributed by atoms with Crippen LogP contribution < -0.4 is 0 Å². The van der Waals surface area contributed by atoms with Crippen molar-refractivity contribution < 1.29 is 32.6 Å². The Morgan fingerprint density at radius 3 is 1.85 bits per heavy atom. The molecule has 0 aliphatic rings. The summed E-state index contributed by atoms with van der Waals surface area (Å²) in [4.78, 5) is 11.7. The molecule has 0 spiro atoms. The predicted molar refractivity (Wildman–Crippen MR) is 74.1 cm³/mol. The van der Waals surface area contributed by atoms with Gasteiger partial charge in [0.25, 0.3) is 0 Å². The zero-order valence-corrected chi connectivity index (χ0v) is 13.8. The Balaban J connectivity index is 4.70. The zero-order valence-electron chi connectivity index (χ0n) is 12.2. The molecule has 120 valence electrons. The van der Waals surface area contributed by atoms with Crippen LogP contribution in [-0.4, -0.2) is 57.8 Å². The monoisotopic (exact) mass is 332 g/mol. The summed E-state index contributed by atoms with van der Waals surface area (Å²) in [5.41, 5.74) is 0. The van der Waals surface area contributed by atoms with Gasteiger partial charge in [0.2, 0.25) is 5.12 Å². The average Bonchev–Trinajstić information content (AvgIpc) is 2.37. The van der Waals surface area contributed by atoms with E-state index in [-0.39, 0.29) is 32.5 Å². The molecule has 20 heavy (non-hydrogen) atoms. The van der Waals surface area contributed by atoms with Crippen LogP contribution in [0.15, 0.2) is 0 Å². The van der Waals surface area contributed by atoms with Gasteiger partial charge in [-0.05, 0) is 13.8 Å². The molecule has 9 heteroatoms. The van der Waals surface area contributed by atoms with Crippen LogP contribution in [0.2, 0.25) is 0 Å². The Morgan fingerprint density at radius 1 is 1.05 bits per heavy atom. The minimum absolute atomic E-state index is 0.0149. The van der Waals surface area contributed by atoms with Gasteiger partial charge in [0.1, 0.15) is 0 Å². The van der Waals surface area contributed by atoms with Gasteiger partial charge in [0.05, 0.1) is 32.5 Å². The summed E-state index contributed by atoms with van der Waals surface area (Å²) in [7, 11) is -0.924. The smallest absolute Gasteiger partial charge is 0.359 e. The first-order valence-electron chi connectivity index (χ1n) is 6.08. The van der Waals surface area contributed by atoms with E-state index >= 15 is 0 Å². The lowest BCUT2D eigenvalue weighted by Crippen LogP contribution is -2.24. The summed E-state index contributed by atoms with van der Waals surface area (Å²) in [5, 5.41) is -1.53. The zero-order chi connectivity index (χ0) is 15.6. The molecule has 1 atom stereocenters. The molecule has 0 aliphatic carbocycles. The van der Waals surface area contributed by atoms with E-state index in [0.717, 1.165) is 0 Å². The number of rotatable bonds is 11. The van der Waals surface area contributed by atoms with E-state index in [1.54, 1.807) is 13.8 Å². The second-order valence-electron chi connectivity index (χ2n) is 4.01. The minimum Gasteiger partial charge on any atom is -0.461 e. The fourth-order valence-corrected chi connectivity index (χ4v) is 2.78. The number of alkyl halides is 1. The van der Waals surface area contributed by atoms with Gasteiger partial charge in [0, 0.05) is 14.2 Å². The standard InChI is InChI=1S/C11H22ClO7P/c1-9(2)19-11(13)10(12)20(14,17-7-5-15-3)18-8-6-16-4/h9-10H,5-8H2,1-4H3. The van der Waals surface area contributed by atoms with E-state index in [2.05, 4.69) is 0 Å². The van der Waals surface area contributed by atoms with Gasteiger partial charge in [-0.1, -0.05) is 11.6 Å². The fraction of sp³-hybridized carbons (Fsp3) is 0.909. The molecule has 0 amide bonds. The van der Waals surface area contributed by atoms with Crippen LogP contribution in [0.25, 0.3) is 0 Å². The van der Waals surface area contributed by atoms with E-state index in [1.165, 1.54) is 14.2 Å². The van der Waals surface area contributed by atoms with Crippen LogP contribution in [0.1, 0.15) is 13.8 Å². The molecule has 0 saturated carbocycles. The molecular weight excluding hydrogens is 311 g/mol. The molecule has 7 nitrogen and oxygen atoms in total. The van der Waals surface area contributed by atoms with Gasteiger partial charge in [-0.3, -0.25) is 4.57 Å². The summed E-state index contributed by atoms with van der Waals surface area (Å²) in [6, 6.07) is 0. The average molecular weight is 333 g/mol. The Kier molecular flexibility index (Phi) is 10.5. The number of hydrogen-bond acceptors (Lipinski definition) is 7. The van der Waals surface area contributed by atoms with Crippen molar-refractivity contribution >= 4 is 25.2 Å². The molecule has 0 saturated heterocycles. The first-order chi connectivity index (χ1) is 9.37. The molecule has 0 rings (SSSR count). The van der Waals surface area contributed by atoms with Crippen molar-refractivity contribution in [1.82, 2.24) is 0 Å². The van der Waals surface area contributed by atoms with Crippen LogP contribution in [0.3, 0.4) is 0 Å². The van der Waals surface area contributed by atoms with E-state index in [4.69, 9.17) is 34.9 Å². The van der Waals surface area contributed by atoms with Crippen LogP contribution in [-0.2, 0) is 32.6 Å². The number of ether oxygens (including phenoxy) is 3. The van der Waals surface area contributed by atoms with E-state index < -0.39 is 18.7 Å². The van der Waals surface area contributed by atoms with Crippen molar-refractivity contribution in [2.75, 3.05) is 40.6 Å². The van der Waals surface area contributed by atoms with Crippen molar-refractivity contribution in [3.63, 3.8) is 0 Å². The summed E-state index contributed by atoms with van der Waals surface area (Å²) in [6.45, 7) is 3.67. The highest BCUT2D eigenvalue weighted by Crippen LogP contribution is 2.55. The maximum atomic E-state index is 12.5. The highest BCUT2D eigenvalue weighted by atomic mass is 35.5. The second-order valence-corrected chi connectivity index (χ2v) is 6.87. The fourth-order valence-electron chi connectivity index (χ4n) is 1.08.